The number of carbonyl (C=O) groups excluding carboxylic acids is 3. The van der Waals surface area contributed by atoms with Gasteiger partial charge in [0, 0.05) is 57.0 Å². The van der Waals surface area contributed by atoms with Crippen molar-refractivity contribution in [2.24, 2.45) is 29.6 Å². The van der Waals surface area contributed by atoms with Gasteiger partial charge in [-0.3, -0.25) is 19.2 Å². The zero-order valence-corrected chi connectivity index (χ0v) is 38.8. The molecule has 0 radical (unpaired) electrons. The van der Waals surface area contributed by atoms with Crippen LogP contribution in [0.5, 0.6) is 0 Å². The Kier molecular flexibility index (Phi) is 16.9. The summed E-state index contributed by atoms with van der Waals surface area (Å²) in [4.78, 5) is 42.7. The van der Waals surface area contributed by atoms with Crippen LogP contribution in [-0.2, 0) is 58.8 Å². The highest BCUT2D eigenvalue weighted by molar-refractivity contribution is 5.84. The summed E-state index contributed by atoms with van der Waals surface area (Å²) < 4.78 is 54.8. The molecule has 1 saturated carbocycles. The highest BCUT2D eigenvalue weighted by Gasteiger charge is 2.70. The van der Waals surface area contributed by atoms with E-state index < -0.39 is 126 Å². The SMILES string of the molecule is CO[C@]1(C)O[C@H](O[C@H]2[C@H](C)[C@@H](O[C@@H]3O[C@H](C)C[C@H](N(C)CCNC(=O)OCc4ccccc4)[C@H]3O)[C@@](C)(OC)C[C@@H](C)C(=O)[C@H](C)[C@@H](O)[C@@]3(O)C(C)[C@H]3OC(=O)[C@@H]2C)O[C@@H](C)[C@@H]1O. The molecule has 63 heavy (non-hydrogen) atoms. The molecule has 5 N–H and O–H groups in total. The zero-order valence-electron chi connectivity index (χ0n) is 38.8. The van der Waals surface area contributed by atoms with Crippen LogP contribution in [0.3, 0.4) is 0 Å². The molecule has 18 nitrogen and oxygen atoms in total. The van der Waals surface area contributed by atoms with Gasteiger partial charge in [0.2, 0.25) is 0 Å². The second-order valence-electron chi connectivity index (χ2n) is 18.6. The van der Waals surface area contributed by atoms with Gasteiger partial charge in [0.1, 0.15) is 36.3 Å². The van der Waals surface area contributed by atoms with Crippen molar-refractivity contribution in [3.8, 4) is 0 Å². The number of alkyl carbamates (subject to hydrolysis) is 1. The predicted molar refractivity (Wildman–Crippen MR) is 224 cm³/mol. The Balaban J connectivity index is 1.45. The highest BCUT2D eigenvalue weighted by Crippen LogP contribution is 2.51. The Bertz CT molecular complexity index is 1690. The predicted octanol–water partition coefficient (Wildman–Crippen LogP) is 2.50. The van der Waals surface area contributed by atoms with Gasteiger partial charge >= 0.3 is 12.1 Å². The number of aliphatic hydroxyl groups excluding tert-OH is 3. The third-order valence-electron chi connectivity index (χ3n) is 14.0. The monoisotopic (exact) mass is 896 g/mol. The molecule has 19 atom stereocenters. The number of fused-ring (bicyclic) bond motifs is 1. The average Bonchev–Trinajstić information content (AvgIpc) is 3.79. The van der Waals surface area contributed by atoms with E-state index in [0.29, 0.717) is 13.0 Å². The largest absolute Gasteiger partial charge is 0.458 e. The number of hydrogen-bond acceptors (Lipinski definition) is 17. The first-order valence-electron chi connectivity index (χ1n) is 22.1. The molecule has 3 aliphatic heterocycles. The molecule has 1 aromatic rings. The number of Topliss-reactive ketones (excluding diaryl/α,β-unsaturated/α-hetero) is 1. The van der Waals surface area contributed by atoms with E-state index in [0.717, 1.165) is 5.56 Å². The Hall–Kier alpha value is -2.85. The number of likely N-dealkylation sites (N-methyl/N-ethyl adjacent to an activating group) is 1. The molecule has 0 aromatic heterocycles. The maximum Gasteiger partial charge on any atom is 0.407 e. The maximum atomic E-state index is 14.2. The van der Waals surface area contributed by atoms with Gasteiger partial charge in [-0.25, -0.2) is 4.79 Å². The normalized spacial score (nSPS) is 44.0. The Morgan fingerprint density at radius 3 is 2.22 bits per heavy atom. The second-order valence-corrected chi connectivity index (χ2v) is 18.6. The van der Waals surface area contributed by atoms with E-state index in [9.17, 15) is 34.8 Å². The first-order valence-corrected chi connectivity index (χ1v) is 22.1. The molecule has 4 fully saturated rings. The second kappa shape index (κ2) is 20.8. The van der Waals surface area contributed by atoms with E-state index in [1.807, 2.05) is 49.2 Å². The van der Waals surface area contributed by atoms with Crippen LogP contribution in [0.15, 0.2) is 30.3 Å². The first-order chi connectivity index (χ1) is 29.5. The molecular weight excluding hydrogens is 824 g/mol. The molecule has 5 rings (SSSR count). The maximum absolute atomic E-state index is 14.2. The molecule has 1 unspecified atom stereocenters. The lowest BCUT2D eigenvalue weighted by atomic mass is 9.75. The number of hydrogen-bond donors (Lipinski definition) is 5. The van der Waals surface area contributed by atoms with Crippen LogP contribution in [-0.4, -0.2) is 162 Å². The van der Waals surface area contributed by atoms with E-state index in [1.54, 1.807) is 41.5 Å². The number of esters is 1. The van der Waals surface area contributed by atoms with E-state index in [-0.39, 0.29) is 25.4 Å². The standard InChI is InChI=1S/C45H72N2O16/c1-23-21-43(8,55-11)37(62-40-33(49)31(20-24(2)58-40)47(10)19-18-46-41(53)57-22-30-16-14-13-15-17-30)26(4)34(60-42-59-29(7)36(51)44(9,56-12)63-42)27(5)39(52)61-38-28(6)45(38,54)35(50)25(3)32(23)48/h13-17,23-29,31,33-38,40,42,49-51,54H,18-22H2,1-12H3,(H,46,53)/t23-,24-,25+,26+,27-,28?,29+,31+,33-,34+,35-,36+,37-,38-,40+,42+,43+,44-,45+/m1/s1. The van der Waals surface area contributed by atoms with Crippen LogP contribution in [0, 0.1) is 29.6 Å². The molecule has 1 aromatic carbocycles. The summed E-state index contributed by atoms with van der Waals surface area (Å²) in [7, 11) is 4.65. The molecule has 3 heterocycles. The van der Waals surface area contributed by atoms with Crippen LogP contribution in [0.4, 0.5) is 4.79 Å². The van der Waals surface area contributed by atoms with Crippen molar-refractivity contribution in [2.45, 2.75) is 166 Å². The number of ether oxygens (including phenoxy) is 9. The number of benzene rings is 1. The minimum absolute atomic E-state index is 0.0342. The van der Waals surface area contributed by atoms with E-state index >= 15 is 0 Å². The van der Waals surface area contributed by atoms with Gasteiger partial charge in [0.15, 0.2) is 12.1 Å². The van der Waals surface area contributed by atoms with E-state index in [2.05, 4.69) is 5.32 Å². The van der Waals surface area contributed by atoms with Crippen molar-refractivity contribution in [2.75, 3.05) is 34.4 Å². The van der Waals surface area contributed by atoms with Gasteiger partial charge in [-0.05, 0) is 60.1 Å². The van der Waals surface area contributed by atoms with Crippen molar-refractivity contribution in [1.82, 2.24) is 10.2 Å². The molecule has 3 saturated heterocycles. The average molecular weight is 897 g/mol. The van der Waals surface area contributed by atoms with Gasteiger partial charge in [-0.15, -0.1) is 0 Å². The number of methoxy groups -OCH3 is 2. The first kappa shape index (κ1) is 51.1. The summed E-state index contributed by atoms with van der Waals surface area (Å²) in [6.07, 6.45) is -10.0. The lowest BCUT2D eigenvalue weighted by Crippen LogP contribution is -2.62. The summed E-state index contributed by atoms with van der Waals surface area (Å²) >= 11 is 0. The fourth-order valence-electron chi connectivity index (χ4n) is 9.57. The highest BCUT2D eigenvalue weighted by atomic mass is 16.9. The van der Waals surface area contributed by atoms with Crippen LogP contribution < -0.4 is 5.32 Å². The summed E-state index contributed by atoms with van der Waals surface area (Å²) in [6, 6.07) is 8.82. The van der Waals surface area contributed by atoms with E-state index in [1.165, 1.54) is 28.1 Å². The van der Waals surface area contributed by atoms with Gasteiger partial charge in [-0.1, -0.05) is 58.0 Å². The minimum atomic E-state index is -1.87. The summed E-state index contributed by atoms with van der Waals surface area (Å²) in [6.45, 7) is 14.2. The smallest absolute Gasteiger partial charge is 0.407 e. The number of nitrogens with zero attached hydrogens (tertiary/aromatic N) is 1. The van der Waals surface area contributed by atoms with Crippen LogP contribution in [0.1, 0.15) is 80.7 Å². The lowest BCUT2D eigenvalue weighted by Gasteiger charge is -2.49. The van der Waals surface area contributed by atoms with Gasteiger partial charge in [0.05, 0.1) is 42.0 Å². The van der Waals surface area contributed by atoms with Crippen LogP contribution in [0.2, 0.25) is 0 Å². The summed E-state index contributed by atoms with van der Waals surface area (Å²) in [5.74, 6) is -7.17. The molecule has 0 spiro atoms. The molecular formula is C45H72N2O16. The fraction of sp³-hybridized carbons (Fsp3) is 0.800. The van der Waals surface area contributed by atoms with E-state index in [4.69, 9.17) is 42.6 Å². The Labute approximate surface area is 371 Å². The van der Waals surface area contributed by atoms with Gasteiger partial charge < -0.3 is 63.6 Å². The van der Waals surface area contributed by atoms with Crippen molar-refractivity contribution >= 4 is 17.8 Å². The molecule has 1 amide bonds. The molecule has 4 aliphatic rings. The number of ketones is 1. The summed E-state index contributed by atoms with van der Waals surface area (Å²) in [5.41, 5.74) is -2.38. The lowest BCUT2D eigenvalue weighted by molar-refractivity contribution is -0.454. The number of carbonyl (C=O) groups is 3. The fourth-order valence-corrected chi connectivity index (χ4v) is 9.57. The number of aliphatic hydroxyl groups is 4. The van der Waals surface area contributed by atoms with Crippen LogP contribution >= 0.6 is 0 Å². The topological polar surface area (TPSA) is 230 Å². The quantitative estimate of drug-likeness (QED) is 0.190. The Morgan fingerprint density at radius 2 is 1.59 bits per heavy atom. The number of rotatable bonds is 12. The third kappa shape index (κ3) is 11.1. The molecule has 1 aliphatic carbocycles. The molecule has 358 valence electrons. The van der Waals surface area contributed by atoms with Gasteiger partial charge in [0.25, 0.3) is 6.48 Å². The zero-order chi connectivity index (χ0) is 46.8. The number of amides is 1. The van der Waals surface area contributed by atoms with Crippen molar-refractivity contribution in [1.29, 1.82) is 0 Å². The third-order valence-corrected chi connectivity index (χ3v) is 14.0. The van der Waals surface area contributed by atoms with Crippen molar-refractivity contribution in [3.63, 3.8) is 0 Å². The summed E-state index contributed by atoms with van der Waals surface area (Å²) in [5, 5.41) is 48.7. The van der Waals surface area contributed by atoms with Crippen LogP contribution in [0.25, 0.3) is 0 Å². The minimum Gasteiger partial charge on any atom is -0.458 e. The van der Waals surface area contributed by atoms with Crippen molar-refractivity contribution < 1.29 is 77.4 Å². The van der Waals surface area contributed by atoms with Gasteiger partial charge in [-0.2, -0.15) is 0 Å². The number of nitrogens with one attached hydrogen (secondary N) is 1. The van der Waals surface area contributed by atoms with Crippen molar-refractivity contribution in [3.05, 3.63) is 35.9 Å². The molecule has 18 heteroatoms. The Morgan fingerprint density at radius 1 is 0.921 bits per heavy atom. The molecule has 0 bridgehead atoms.